The van der Waals surface area contributed by atoms with Crippen molar-refractivity contribution in [1.29, 1.82) is 0 Å². The number of rotatable bonds is 5. The van der Waals surface area contributed by atoms with Crippen molar-refractivity contribution < 1.29 is 9.84 Å². The van der Waals surface area contributed by atoms with Crippen LogP contribution >= 0.6 is 0 Å². The molecule has 1 aliphatic rings. The molecule has 0 spiro atoms. The van der Waals surface area contributed by atoms with Gasteiger partial charge in [0.1, 0.15) is 18.5 Å². The van der Waals surface area contributed by atoms with Gasteiger partial charge in [0.2, 0.25) is 0 Å². The van der Waals surface area contributed by atoms with Crippen LogP contribution in [0.3, 0.4) is 0 Å². The lowest BCUT2D eigenvalue weighted by Gasteiger charge is -2.35. The second-order valence-corrected chi connectivity index (χ2v) is 7.11. The Bertz CT molecular complexity index is 627. The molecule has 0 unspecified atom stereocenters. The molecule has 0 amide bonds. The number of β-amino-alcohol motifs (C(OH)–C–C–N with tert-alkyl or cyclic N) is 1. The lowest BCUT2D eigenvalue weighted by molar-refractivity contribution is 0.0432. The average molecular weight is 313 g/mol. The third-order valence-electron chi connectivity index (χ3n) is 4.59. The number of benzene rings is 2. The van der Waals surface area contributed by atoms with E-state index in [-0.39, 0.29) is 0 Å². The summed E-state index contributed by atoms with van der Waals surface area (Å²) in [7, 11) is 0. The Hall–Kier alpha value is -1.58. The molecule has 124 valence electrons. The van der Waals surface area contributed by atoms with Gasteiger partial charge < -0.3 is 14.7 Å². The van der Waals surface area contributed by atoms with Gasteiger partial charge in [-0.2, -0.15) is 0 Å². The maximum atomic E-state index is 10.3. The Kier molecular flexibility index (Phi) is 5.19. The molecule has 2 aromatic carbocycles. The van der Waals surface area contributed by atoms with Crippen molar-refractivity contribution in [3.63, 3.8) is 0 Å². The summed E-state index contributed by atoms with van der Waals surface area (Å²) >= 11 is 0. The summed E-state index contributed by atoms with van der Waals surface area (Å²) in [4.78, 5) is 2.37. The third-order valence-corrected chi connectivity index (χ3v) is 4.59. The number of piperidine rings is 1. The number of hydrogen-bond acceptors (Lipinski definition) is 3. The minimum atomic E-state index is -0.452. The number of likely N-dealkylation sites (tertiary alicyclic amines) is 1. The maximum Gasteiger partial charge on any atom is 0.127 e. The van der Waals surface area contributed by atoms with Crippen LogP contribution < -0.4 is 4.74 Å². The van der Waals surface area contributed by atoms with E-state index in [1.54, 1.807) is 0 Å². The predicted octanol–water partition coefficient (Wildman–Crippen LogP) is 3.56. The van der Waals surface area contributed by atoms with Gasteiger partial charge in [0, 0.05) is 25.0 Å². The van der Waals surface area contributed by atoms with Gasteiger partial charge >= 0.3 is 0 Å². The fourth-order valence-electron chi connectivity index (χ4n) is 3.80. The molecule has 0 aromatic heterocycles. The van der Waals surface area contributed by atoms with E-state index in [1.165, 1.54) is 6.42 Å². The van der Waals surface area contributed by atoms with Gasteiger partial charge in [0.05, 0.1) is 0 Å². The molecular formula is C20H27NO2. The van der Waals surface area contributed by atoms with Crippen LogP contribution in [0.4, 0.5) is 0 Å². The molecule has 1 N–H and O–H groups in total. The Morgan fingerprint density at radius 2 is 1.78 bits per heavy atom. The van der Waals surface area contributed by atoms with Crippen LogP contribution in [0.1, 0.15) is 20.3 Å². The lowest BCUT2D eigenvalue weighted by Crippen LogP contribution is -2.44. The van der Waals surface area contributed by atoms with Crippen molar-refractivity contribution in [2.75, 3.05) is 26.2 Å². The van der Waals surface area contributed by atoms with Gasteiger partial charge in [-0.25, -0.2) is 0 Å². The van der Waals surface area contributed by atoms with E-state index in [1.807, 2.05) is 24.3 Å². The highest BCUT2D eigenvalue weighted by atomic mass is 16.5. The first-order valence-corrected chi connectivity index (χ1v) is 8.63. The third kappa shape index (κ3) is 4.24. The molecule has 3 heteroatoms. The highest BCUT2D eigenvalue weighted by Crippen LogP contribution is 2.25. The van der Waals surface area contributed by atoms with Crippen LogP contribution in [-0.2, 0) is 0 Å². The van der Waals surface area contributed by atoms with Crippen molar-refractivity contribution in [3.8, 4) is 5.75 Å². The summed E-state index contributed by atoms with van der Waals surface area (Å²) in [5, 5.41) is 12.6. The molecule has 2 aromatic rings. The minimum Gasteiger partial charge on any atom is -0.490 e. The zero-order chi connectivity index (χ0) is 16.2. The zero-order valence-electron chi connectivity index (χ0n) is 14.1. The smallest absolute Gasteiger partial charge is 0.127 e. The molecule has 3 nitrogen and oxygen atoms in total. The van der Waals surface area contributed by atoms with Crippen molar-refractivity contribution >= 4 is 10.8 Å². The zero-order valence-corrected chi connectivity index (χ0v) is 14.1. The first-order chi connectivity index (χ1) is 11.1. The fourth-order valence-corrected chi connectivity index (χ4v) is 3.80. The van der Waals surface area contributed by atoms with Crippen LogP contribution in [0.5, 0.6) is 5.75 Å². The molecule has 1 fully saturated rings. The molecule has 1 saturated heterocycles. The quantitative estimate of drug-likeness (QED) is 0.916. The molecule has 3 atom stereocenters. The van der Waals surface area contributed by atoms with Gasteiger partial charge in [-0.3, -0.25) is 0 Å². The Balaban J connectivity index is 1.57. The van der Waals surface area contributed by atoms with Gasteiger partial charge in [-0.1, -0.05) is 50.2 Å². The van der Waals surface area contributed by atoms with E-state index in [4.69, 9.17) is 4.74 Å². The number of nitrogens with zero attached hydrogens (tertiary/aromatic N) is 1. The monoisotopic (exact) mass is 313 g/mol. The summed E-state index contributed by atoms with van der Waals surface area (Å²) in [6.45, 7) is 7.78. The molecular weight excluding hydrogens is 286 g/mol. The maximum absolute atomic E-state index is 10.3. The van der Waals surface area contributed by atoms with Gasteiger partial charge in [-0.05, 0) is 29.7 Å². The number of fused-ring (bicyclic) bond motifs is 1. The summed E-state index contributed by atoms with van der Waals surface area (Å²) in [5.41, 5.74) is 0. The highest BCUT2D eigenvalue weighted by molar-refractivity contribution is 5.88. The van der Waals surface area contributed by atoms with Crippen molar-refractivity contribution in [2.24, 2.45) is 11.8 Å². The van der Waals surface area contributed by atoms with Crippen LogP contribution in [0.25, 0.3) is 10.8 Å². The molecule has 3 rings (SSSR count). The van der Waals surface area contributed by atoms with Gasteiger partial charge in [-0.15, -0.1) is 0 Å². The van der Waals surface area contributed by atoms with E-state index in [9.17, 15) is 5.11 Å². The Morgan fingerprint density at radius 3 is 2.57 bits per heavy atom. The molecule has 0 radical (unpaired) electrons. The van der Waals surface area contributed by atoms with E-state index < -0.39 is 6.10 Å². The predicted molar refractivity (Wildman–Crippen MR) is 94.8 cm³/mol. The van der Waals surface area contributed by atoms with E-state index in [0.717, 1.165) is 29.6 Å². The summed E-state index contributed by atoms with van der Waals surface area (Å²) in [5.74, 6) is 2.28. The second kappa shape index (κ2) is 7.33. The Morgan fingerprint density at radius 1 is 1.09 bits per heavy atom. The molecule has 0 saturated carbocycles. The SMILES string of the molecule is C[C@@H]1C[C@H](C)CN(C[C@@H](O)COc2cccc3ccccc23)C1. The Labute approximate surface area is 138 Å². The first kappa shape index (κ1) is 16.3. The van der Waals surface area contributed by atoms with E-state index in [2.05, 4.69) is 36.9 Å². The lowest BCUT2D eigenvalue weighted by atomic mass is 9.92. The van der Waals surface area contributed by atoms with Crippen LogP contribution in [0.2, 0.25) is 0 Å². The normalized spacial score (nSPS) is 23.8. The molecule has 1 aliphatic heterocycles. The standard InChI is InChI=1S/C20H27NO2/c1-15-10-16(2)12-21(11-15)13-18(22)14-23-20-9-5-7-17-6-3-4-8-19(17)20/h3-9,15-16,18,22H,10-14H2,1-2H3/t15-,16+,18-/m1/s1. The second-order valence-electron chi connectivity index (χ2n) is 7.11. The average Bonchev–Trinajstić information content (AvgIpc) is 2.52. The molecule has 23 heavy (non-hydrogen) atoms. The molecule has 1 heterocycles. The summed E-state index contributed by atoms with van der Waals surface area (Å²) in [6.07, 6.45) is 0.838. The van der Waals surface area contributed by atoms with E-state index >= 15 is 0 Å². The first-order valence-electron chi connectivity index (χ1n) is 8.63. The summed E-state index contributed by atoms with van der Waals surface area (Å²) in [6, 6.07) is 14.2. The number of aliphatic hydroxyl groups excluding tert-OH is 1. The van der Waals surface area contributed by atoms with Crippen LogP contribution in [-0.4, -0.2) is 42.4 Å². The minimum absolute atomic E-state index is 0.341. The van der Waals surface area contributed by atoms with Crippen molar-refractivity contribution in [1.82, 2.24) is 4.90 Å². The largest absolute Gasteiger partial charge is 0.490 e. The molecule has 0 bridgehead atoms. The van der Waals surface area contributed by atoms with Gasteiger partial charge in [0.15, 0.2) is 0 Å². The number of aliphatic hydroxyl groups is 1. The number of hydrogen-bond donors (Lipinski definition) is 1. The highest BCUT2D eigenvalue weighted by Gasteiger charge is 2.23. The fraction of sp³-hybridized carbons (Fsp3) is 0.500. The van der Waals surface area contributed by atoms with Crippen molar-refractivity contribution in [3.05, 3.63) is 42.5 Å². The topological polar surface area (TPSA) is 32.7 Å². The van der Waals surface area contributed by atoms with Gasteiger partial charge in [0.25, 0.3) is 0 Å². The number of ether oxygens (including phenoxy) is 1. The van der Waals surface area contributed by atoms with E-state index in [0.29, 0.717) is 25.0 Å². The van der Waals surface area contributed by atoms with Crippen LogP contribution in [0.15, 0.2) is 42.5 Å². The van der Waals surface area contributed by atoms with Crippen molar-refractivity contribution in [2.45, 2.75) is 26.4 Å². The summed E-state index contributed by atoms with van der Waals surface area (Å²) < 4.78 is 5.90. The molecule has 0 aliphatic carbocycles. The van der Waals surface area contributed by atoms with Crippen LogP contribution in [0, 0.1) is 11.8 Å².